The Morgan fingerprint density at radius 1 is 1.64 bits per heavy atom. The third-order valence-corrected chi connectivity index (χ3v) is 5.11. The van der Waals surface area contributed by atoms with Crippen LogP contribution in [0.3, 0.4) is 0 Å². The lowest BCUT2D eigenvalue weighted by Gasteiger charge is -2.06. The van der Waals surface area contributed by atoms with Gasteiger partial charge in [0, 0.05) is 9.35 Å². The first-order valence-corrected chi connectivity index (χ1v) is 6.78. The van der Waals surface area contributed by atoms with Crippen molar-refractivity contribution >= 4 is 38.9 Å². The fraction of sp³-hybridized carbons (Fsp3) is 0.600. The molecule has 0 bridgehead atoms. The predicted octanol–water partition coefficient (Wildman–Crippen LogP) is 4.39. The summed E-state index contributed by atoms with van der Waals surface area (Å²) in [7, 11) is 0. The molecule has 2 rings (SSSR count). The summed E-state index contributed by atoms with van der Waals surface area (Å²) in [6, 6.07) is 1.92. The molecule has 1 fully saturated rings. The molecular formula is C10H12BrClOS. The molecule has 1 aliphatic carbocycles. The largest absolute Gasteiger partial charge is 0.388 e. The van der Waals surface area contributed by atoms with E-state index in [9.17, 15) is 5.11 Å². The van der Waals surface area contributed by atoms with Crippen LogP contribution in [0.1, 0.15) is 36.7 Å². The van der Waals surface area contributed by atoms with Crippen molar-refractivity contribution < 1.29 is 5.11 Å². The maximum Gasteiger partial charge on any atom is 0.107 e. The Bertz CT molecular complexity index is 302. The molecule has 1 saturated carbocycles. The monoisotopic (exact) mass is 294 g/mol. The first-order chi connectivity index (χ1) is 6.66. The van der Waals surface area contributed by atoms with Crippen LogP contribution in [-0.4, -0.2) is 5.11 Å². The van der Waals surface area contributed by atoms with Crippen LogP contribution < -0.4 is 0 Å². The van der Waals surface area contributed by atoms with Crippen LogP contribution in [0.2, 0.25) is 4.34 Å². The summed E-state index contributed by atoms with van der Waals surface area (Å²) in [6.45, 7) is 0. The van der Waals surface area contributed by atoms with E-state index < -0.39 is 0 Å². The van der Waals surface area contributed by atoms with E-state index in [0.717, 1.165) is 32.4 Å². The van der Waals surface area contributed by atoms with E-state index in [1.165, 1.54) is 24.2 Å². The van der Waals surface area contributed by atoms with Gasteiger partial charge in [-0.25, -0.2) is 0 Å². The molecule has 1 aromatic heterocycles. The molecule has 0 aromatic carbocycles. The SMILES string of the molecule is OC(CCC1CC1)c1cc(Br)c(Cl)s1. The van der Waals surface area contributed by atoms with Crippen molar-refractivity contribution in [2.24, 2.45) is 5.92 Å². The minimum Gasteiger partial charge on any atom is -0.388 e. The Hall–Kier alpha value is 0.430. The number of hydrogen-bond acceptors (Lipinski definition) is 2. The van der Waals surface area contributed by atoms with Crippen LogP contribution in [0.15, 0.2) is 10.5 Å². The van der Waals surface area contributed by atoms with Crippen molar-refractivity contribution in [3.05, 3.63) is 19.8 Å². The summed E-state index contributed by atoms with van der Waals surface area (Å²) >= 11 is 10.7. The zero-order chi connectivity index (χ0) is 10.1. The number of rotatable bonds is 4. The molecule has 0 saturated heterocycles. The molecule has 1 unspecified atom stereocenters. The molecule has 1 atom stereocenters. The van der Waals surface area contributed by atoms with Crippen molar-refractivity contribution in [1.29, 1.82) is 0 Å². The van der Waals surface area contributed by atoms with Gasteiger partial charge in [0.1, 0.15) is 4.34 Å². The highest BCUT2D eigenvalue weighted by atomic mass is 79.9. The smallest absolute Gasteiger partial charge is 0.107 e. The van der Waals surface area contributed by atoms with Gasteiger partial charge in [-0.2, -0.15) is 0 Å². The molecule has 0 aliphatic heterocycles. The van der Waals surface area contributed by atoms with Gasteiger partial charge in [0.05, 0.1) is 6.10 Å². The second kappa shape index (κ2) is 4.52. The molecular weight excluding hydrogens is 284 g/mol. The molecule has 4 heteroatoms. The Kier molecular flexibility index (Phi) is 3.53. The van der Waals surface area contributed by atoms with Gasteiger partial charge in [-0.15, -0.1) is 11.3 Å². The van der Waals surface area contributed by atoms with E-state index in [2.05, 4.69) is 15.9 Å². The van der Waals surface area contributed by atoms with Gasteiger partial charge in [0.15, 0.2) is 0 Å². The van der Waals surface area contributed by atoms with Gasteiger partial charge in [0.25, 0.3) is 0 Å². The van der Waals surface area contributed by atoms with E-state index in [-0.39, 0.29) is 6.10 Å². The molecule has 1 N–H and O–H groups in total. The van der Waals surface area contributed by atoms with E-state index in [4.69, 9.17) is 11.6 Å². The van der Waals surface area contributed by atoms with Crippen molar-refractivity contribution in [2.75, 3.05) is 0 Å². The molecule has 1 nitrogen and oxygen atoms in total. The first-order valence-electron chi connectivity index (χ1n) is 4.79. The number of hydrogen-bond donors (Lipinski definition) is 1. The highest BCUT2D eigenvalue weighted by Gasteiger charge is 2.23. The summed E-state index contributed by atoms with van der Waals surface area (Å²) in [4.78, 5) is 0.975. The van der Waals surface area contributed by atoms with Gasteiger partial charge < -0.3 is 5.11 Å². The van der Waals surface area contributed by atoms with Crippen LogP contribution in [-0.2, 0) is 0 Å². The maximum atomic E-state index is 9.87. The minimum atomic E-state index is -0.329. The number of thiophene rings is 1. The molecule has 0 spiro atoms. The lowest BCUT2D eigenvalue weighted by Crippen LogP contribution is -1.94. The zero-order valence-electron chi connectivity index (χ0n) is 7.67. The highest BCUT2D eigenvalue weighted by molar-refractivity contribution is 9.10. The molecule has 1 aliphatic rings. The Labute approximate surface area is 101 Å². The summed E-state index contributed by atoms with van der Waals surface area (Å²) in [5.41, 5.74) is 0. The molecule has 0 amide bonds. The molecule has 14 heavy (non-hydrogen) atoms. The second-order valence-electron chi connectivity index (χ2n) is 3.81. The summed E-state index contributed by atoms with van der Waals surface area (Å²) in [5.74, 6) is 0.878. The average Bonchev–Trinajstić information content (AvgIpc) is 2.91. The number of aliphatic hydroxyl groups excluding tert-OH is 1. The lowest BCUT2D eigenvalue weighted by molar-refractivity contribution is 0.166. The van der Waals surface area contributed by atoms with Crippen LogP contribution in [0.25, 0.3) is 0 Å². The quantitative estimate of drug-likeness (QED) is 0.873. The Morgan fingerprint density at radius 2 is 2.36 bits per heavy atom. The van der Waals surface area contributed by atoms with Gasteiger partial charge in [-0.1, -0.05) is 24.4 Å². The van der Waals surface area contributed by atoms with Gasteiger partial charge in [0.2, 0.25) is 0 Å². The standard InChI is InChI=1S/C10H12BrClOS/c11-7-5-9(14-10(7)12)8(13)4-3-6-1-2-6/h5-6,8,13H,1-4H2. The van der Waals surface area contributed by atoms with Gasteiger partial charge in [-0.05, 0) is 40.8 Å². The number of aliphatic hydroxyl groups is 1. The van der Waals surface area contributed by atoms with Crippen molar-refractivity contribution in [1.82, 2.24) is 0 Å². The van der Waals surface area contributed by atoms with Crippen LogP contribution in [0.5, 0.6) is 0 Å². The Balaban J connectivity index is 1.91. The van der Waals surface area contributed by atoms with E-state index >= 15 is 0 Å². The lowest BCUT2D eigenvalue weighted by atomic mass is 10.1. The highest BCUT2D eigenvalue weighted by Crippen LogP contribution is 2.39. The Morgan fingerprint density at radius 3 is 2.86 bits per heavy atom. The van der Waals surface area contributed by atoms with Gasteiger partial charge in [-0.3, -0.25) is 0 Å². The molecule has 1 heterocycles. The fourth-order valence-corrected chi connectivity index (χ4v) is 3.23. The summed E-state index contributed by atoms with van der Waals surface area (Å²) < 4.78 is 1.62. The summed E-state index contributed by atoms with van der Waals surface area (Å²) in [5, 5.41) is 9.87. The van der Waals surface area contributed by atoms with Crippen LogP contribution >= 0.6 is 38.9 Å². The topological polar surface area (TPSA) is 20.2 Å². The van der Waals surface area contributed by atoms with Crippen molar-refractivity contribution in [3.8, 4) is 0 Å². The van der Waals surface area contributed by atoms with Crippen molar-refractivity contribution in [2.45, 2.75) is 31.8 Å². The number of halogens is 2. The van der Waals surface area contributed by atoms with E-state index in [1.807, 2.05) is 6.07 Å². The average molecular weight is 296 g/mol. The first kappa shape index (κ1) is 10.9. The minimum absolute atomic E-state index is 0.329. The fourth-order valence-electron chi connectivity index (χ4n) is 1.47. The predicted molar refractivity (Wildman–Crippen MR) is 63.9 cm³/mol. The van der Waals surface area contributed by atoms with Gasteiger partial charge >= 0.3 is 0 Å². The third-order valence-electron chi connectivity index (χ3n) is 2.54. The van der Waals surface area contributed by atoms with E-state index in [0.29, 0.717) is 0 Å². The maximum absolute atomic E-state index is 9.87. The van der Waals surface area contributed by atoms with Crippen LogP contribution in [0, 0.1) is 5.92 Å². The van der Waals surface area contributed by atoms with E-state index in [1.54, 1.807) is 0 Å². The van der Waals surface area contributed by atoms with Crippen LogP contribution in [0.4, 0.5) is 0 Å². The zero-order valence-corrected chi connectivity index (χ0v) is 10.8. The third kappa shape index (κ3) is 2.72. The molecule has 1 aromatic rings. The molecule has 0 radical (unpaired) electrons. The normalized spacial score (nSPS) is 18.5. The van der Waals surface area contributed by atoms with Crippen molar-refractivity contribution in [3.63, 3.8) is 0 Å². The summed E-state index contributed by atoms with van der Waals surface area (Å²) in [6.07, 6.45) is 4.38. The molecule has 78 valence electrons. The second-order valence-corrected chi connectivity index (χ2v) is 6.35.